The van der Waals surface area contributed by atoms with Crippen LogP contribution >= 0.6 is 0 Å². The van der Waals surface area contributed by atoms with Gasteiger partial charge in [0.25, 0.3) is 0 Å². The second-order valence-electron chi connectivity index (χ2n) is 10.1. The standard InChI is InChI=1S/C25H30N6O2/c1-15-7-9-18-22(23(18)31-24(32)29(6)27-28-31)19(15)14-33-20-10-8-17(13-16(20)2)30-12-11-21(26-30)25(3,4)5/h7-13,18,22-23H,14H2,1-6H3. The second kappa shape index (κ2) is 7.57. The van der Waals surface area contributed by atoms with Gasteiger partial charge in [0.15, 0.2) is 0 Å². The molecular formula is C25H30N6O2. The Morgan fingerprint density at radius 1 is 1.12 bits per heavy atom. The van der Waals surface area contributed by atoms with Crippen LogP contribution in [0, 0.1) is 18.8 Å². The molecule has 2 aliphatic carbocycles. The molecule has 0 aliphatic heterocycles. The molecule has 33 heavy (non-hydrogen) atoms. The summed E-state index contributed by atoms with van der Waals surface area (Å²) in [6.45, 7) is 11.1. The first-order chi connectivity index (χ1) is 15.6. The lowest BCUT2D eigenvalue weighted by Crippen LogP contribution is -2.23. The van der Waals surface area contributed by atoms with E-state index in [1.54, 1.807) is 7.05 Å². The monoisotopic (exact) mass is 446 g/mol. The Morgan fingerprint density at radius 2 is 1.91 bits per heavy atom. The summed E-state index contributed by atoms with van der Waals surface area (Å²) < 4.78 is 11.0. The van der Waals surface area contributed by atoms with Crippen molar-refractivity contribution in [3.05, 3.63) is 75.5 Å². The summed E-state index contributed by atoms with van der Waals surface area (Å²) in [7, 11) is 1.62. The van der Waals surface area contributed by atoms with Gasteiger partial charge in [-0.2, -0.15) is 14.5 Å². The van der Waals surface area contributed by atoms with E-state index in [1.807, 2.05) is 23.0 Å². The summed E-state index contributed by atoms with van der Waals surface area (Å²) in [5.74, 6) is 1.34. The van der Waals surface area contributed by atoms with Crippen molar-refractivity contribution in [2.75, 3.05) is 6.61 Å². The van der Waals surface area contributed by atoms with Crippen LogP contribution in [-0.2, 0) is 12.5 Å². The molecule has 0 radical (unpaired) electrons. The number of hydrogen-bond donors (Lipinski definition) is 0. The first kappa shape index (κ1) is 21.4. The van der Waals surface area contributed by atoms with Crippen molar-refractivity contribution in [2.45, 2.75) is 46.1 Å². The lowest BCUT2D eigenvalue weighted by Gasteiger charge is -2.16. The highest BCUT2D eigenvalue weighted by molar-refractivity contribution is 5.45. The van der Waals surface area contributed by atoms with E-state index in [0.29, 0.717) is 6.61 Å². The molecule has 0 spiro atoms. The van der Waals surface area contributed by atoms with Gasteiger partial charge in [0.05, 0.1) is 17.4 Å². The number of tetrazole rings is 1. The number of allylic oxidation sites excluding steroid dienone is 3. The van der Waals surface area contributed by atoms with E-state index in [2.05, 4.69) is 69.3 Å². The van der Waals surface area contributed by atoms with Gasteiger partial charge in [0, 0.05) is 30.5 Å². The van der Waals surface area contributed by atoms with E-state index in [0.717, 1.165) is 22.7 Å². The van der Waals surface area contributed by atoms with E-state index < -0.39 is 0 Å². The van der Waals surface area contributed by atoms with Gasteiger partial charge in [0.1, 0.15) is 12.4 Å². The maximum Gasteiger partial charge on any atom is 0.363 e. The fraction of sp³-hybridized carbons (Fsp3) is 0.440. The Labute approximate surface area is 193 Å². The molecule has 5 rings (SSSR count). The molecule has 3 aromatic rings. The van der Waals surface area contributed by atoms with Crippen molar-refractivity contribution in [1.29, 1.82) is 0 Å². The van der Waals surface area contributed by atoms with Crippen LogP contribution in [0.2, 0.25) is 0 Å². The second-order valence-corrected chi connectivity index (χ2v) is 10.1. The summed E-state index contributed by atoms with van der Waals surface area (Å²) in [5, 5.41) is 12.7. The molecule has 1 aromatic carbocycles. The Morgan fingerprint density at radius 3 is 2.55 bits per heavy atom. The zero-order valence-electron chi connectivity index (χ0n) is 20.0. The van der Waals surface area contributed by atoms with Crippen molar-refractivity contribution in [2.24, 2.45) is 18.9 Å². The van der Waals surface area contributed by atoms with Crippen molar-refractivity contribution < 1.29 is 4.74 Å². The molecule has 8 nitrogen and oxygen atoms in total. The highest BCUT2D eigenvalue weighted by atomic mass is 16.5. The molecule has 0 amide bonds. The molecule has 2 heterocycles. The number of fused-ring (bicyclic) bond motifs is 1. The quantitative estimate of drug-likeness (QED) is 0.599. The van der Waals surface area contributed by atoms with Crippen molar-refractivity contribution in [3.63, 3.8) is 0 Å². The third-order valence-electron chi connectivity index (χ3n) is 6.70. The van der Waals surface area contributed by atoms with E-state index >= 15 is 0 Å². The first-order valence-electron chi connectivity index (χ1n) is 11.3. The number of hydrogen-bond acceptors (Lipinski definition) is 5. The highest BCUT2D eigenvalue weighted by Gasteiger charge is 2.55. The molecule has 1 fully saturated rings. The molecule has 3 atom stereocenters. The molecule has 0 saturated heterocycles. The largest absolute Gasteiger partial charge is 0.489 e. The van der Waals surface area contributed by atoms with Gasteiger partial charge in [0.2, 0.25) is 0 Å². The fourth-order valence-electron chi connectivity index (χ4n) is 4.62. The molecule has 8 heteroatoms. The fourth-order valence-corrected chi connectivity index (χ4v) is 4.62. The molecule has 0 N–H and O–H groups in total. The smallest absolute Gasteiger partial charge is 0.363 e. The van der Waals surface area contributed by atoms with Crippen molar-refractivity contribution in [3.8, 4) is 11.4 Å². The number of aryl methyl sites for hydroxylation is 2. The maximum atomic E-state index is 12.3. The van der Waals surface area contributed by atoms with E-state index in [1.165, 1.54) is 20.5 Å². The van der Waals surface area contributed by atoms with Crippen molar-refractivity contribution >= 4 is 0 Å². The molecule has 3 unspecified atom stereocenters. The summed E-state index contributed by atoms with van der Waals surface area (Å²) in [4.78, 5) is 12.3. The van der Waals surface area contributed by atoms with Crippen LogP contribution in [-0.4, -0.2) is 36.2 Å². The maximum absolute atomic E-state index is 12.3. The van der Waals surface area contributed by atoms with Crippen molar-refractivity contribution in [1.82, 2.24) is 29.6 Å². The molecular weight excluding hydrogens is 416 g/mol. The van der Waals surface area contributed by atoms with E-state index in [4.69, 9.17) is 9.84 Å². The Balaban J connectivity index is 1.32. The van der Waals surface area contributed by atoms with Crippen LogP contribution in [0.15, 0.2) is 58.6 Å². The topological polar surface area (TPSA) is 79.8 Å². The predicted molar refractivity (Wildman–Crippen MR) is 126 cm³/mol. The van der Waals surface area contributed by atoms with Crippen LogP contribution in [0.3, 0.4) is 0 Å². The zero-order valence-corrected chi connectivity index (χ0v) is 20.0. The van der Waals surface area contributed by atoms with Gasteiger partial charge in [-0.15, -0.1) is 0 Å². The van der Waals surface area contributed by atoms with Crippen LogP contribution in [0.5, 0.6) is 5.75 Å². The number of ether oxygens (including phenoxy) is 1. The van der Waals surface area contributed by atoms with Crippen LogP contribution < -0.4 is 10.4 Å². The molecule has 2 aromatic heterocycles. The summed E-state index contributed by atoms with van der Waals surface area (Å²) in [6, 6.07) is 8.21. The molecule has 0 bridgehead atoms. The minimum atomic E-state index is -0.180. The zero-order chi connectivity index (χ0) is 23.5. The third kappa shape index (κ3) is 3.73. The minimum Gasteiger partial charge on any atom is -0.489 e. The summed E-state index contributed by atoms with van der Waals surface area (Å²) in [5.41, 5.74) is 5.36. The normalized spacial score (nSPS) is 21.9. The summed E-state index contributed by atoms with van der Waals surface area (Å²) in [6.07, 6.45) is 6.30. The Kier molecular flexibility index (Phi) is 4.92. The average Bonchev–Trinajstić information content (AvgIpc) is 3.09. The van der Waals surface area contributed by atoms with E-state index in [9.17, 15) is 4.79 Å². The minimum absolute atomic E-state index is 0.0123. The van der Waals surface area contributed by atoms with Gasteiger partial charge in [-0.25, -0.2) is 9.48 Å². The van der Waals surface area contributed by atoms with Gasteiger partial charge in [-0.05, 0) is 65.2 Å². The molecule has 1 saturated carbocycles. The Bertz CT molecular complexity index is 1330. The Hall–Kier alpha value is -3.42. The molecule has 2 aliphatic rings. The highest BCUT2D eigenvalue weighted by Crippen LogP contribution is 2.57. The van der Waals surface area contributed by atoms with Crippen LogP contribution in [0.4, 0.5) is 0 Å². The molecule has 172 valence electrons. The SMILES string of the molecule is CC1=C(COc2ccc(-n3ccc(C(C)(C)C)n3)cc2C)C2C(C=C1)C2n1nnn(C)c1=O. The lowest BCUT2D eigenvalue weighted by molar-refractivity contribution is 0.338. The van der Waals surface area contributed by atoms with Crippen LogP contribution in [0.1, 0.15) is 45.0 Å². The van der Waals surface area contributed by atoms with Gasteiger partial charge >= 0.3 is 5.69 Å². The van der Waals surface area contributed by atoms with Gasteiger partial charge in [-0.1, -0.05) is 32.9 Å². The third-order valence-corrected chi connectivity index (χ3v) is 6.70. The first-order valence-corrected chi connectivity index (χ1v) is 11.3. The average molecular weight is 447 g/mol. The number of aromatic nitrogens is 6. The van der Waals surface area contributed by atoms with E-state index in [-0.39, 0.29) is 29.0 Å². The van der Waals surface area contributed by atoms with Crippen LogP contribution in [0.25, 0.3) is 5.69 Å². The summed E-state index contributed by atoms with van der Waals surface area (Å²) >= 11 is 0. The van der Waals surface area contributed by atoms with Gasteiger partial charge < -0.3 is 4.74 Å². The predicted octanol–water partition coefficient (Wildman–Crippen LogP) is 3.52. The number of rotatable bonds is 5. The number of benzene rings is 1. The number of nitrogens with zero attached hydrogens (tertiary/aromatic N) is 6. The van der Waals surface area contributed by atoms with Gasteiger partial charge in [-0.3, -0.25) is 0 Å². The lowest BCUT2D eigenvalue weighted by atomic mass is 9.93.